The highest BCUT2D eigenvalue weighted by Crippen LogP contribution is 2.06. The van der Waals surface area contributed by atoms with E-state index in [1.165, 1.54) is 20.0 Å². The van der Waals surface area contributed by atoms with Crippen LogP contribution in [0.3, 0.4) is 0 Å². The van der Waals surface area contributed by atoms with Gasteiger partial charge in [0.2, 0.25) is 0 Å². The topological polar surface area (TPSA) is 107 Å². The second-order valence-electron chi connectivity index (χ2n) is 3.89. The molecule has 1 unspecified atom stereocenters. The van der Waals surface area contributed by atoms with Gasteiger partial charge in [0.25, 0.3) is 5.91 Å². The lowest BCUT2D eigenvalue weighted by Crippen LogP contribution is -2.37. The third-order valence-electron chi connectivity index (χ3n) is 2.12. The van der Waals surface area contributed by atoms with Crippen LogP contribution in [-0.2, 0) is 0 Å². The Hall–Kier alpha value is -1.73. The molecule has 0 bridgehead atoms. The Kier molecular flexibility index (Phi) is 4.36. The highest BCUT2D eigenvalue weighted by molar-refractivity contribution is 5.91. The van der Waals surface area contributed by atoms with Gasteiger partial charge in [0.1, 0.15) is 11.4 Å². The first-order chi connectivity index (χ1) is 7.98. The van der Waals surface area contributed by atoms with Gasteiger partial charge in [0.05, 0.1) is 6.61 Å². The SMILES string of the molecule is CNC(=O)c1ccc(NCC(C)(O)CO)nn1. The number of anilines is 1. The summed E-state index contributed by atoms with van der Waals surface area (Å²) in [5.74, 6) is 0.109. The van der Waals surface area contributed by atoms with E-state index < -0.39 is 5.60 Å². The van der Waals surface area contributed by atoms with Crippen LogP contribution in [0.4, 0.5) is 5.82 Å². The fourth-order valence-electron chi connectivity index (χ4n) is 1.01. The minimum atomic E-state index is -1.22. The van der Waals surface area contributed by atoms with Crippen LogP contribution in [0.15, 0.2) is 12.1 Å². The number of amides is 1. The Balaban J connectivity index is 2.60. The monoisotopic (exact) mass is 240 g/mol. The maximum absolute atomic E-state index is 11.2. The van der Waals surface area contributed by atoms with Crippen LogP contribution in [0.2, 0.25) is 0 Å². The van der Waals surface area contributed by atoms with Gasteiger partial charge in [-0.2, -0.15) is 0 Å². The summed E-state index contributed by atoms with van der Waals surface area (Å²) in [7, 11) is 1.51. The van der Waals surface area contributed by atoms with Crippen LogP contribution < -0.4 is 10.6 Å². The van der Waals surface area contributed by atoms with Gasteiger partial charge in [0, 0.05) is 13.6 Å². The van der Waals surface area contributed by atoms with Gasteiger partial charge in [0.15, 0.2) is 5.69 Å². The van der Waals surface area contributed by atoms with E-state index >= 15 is 0 Å². The predicted molar refractivity (Wildman–Crippen MR) is 61.6 cm³/mol. The molecular formula is C10H16N4O3. The third-order valence-corrected chi connectivity index (χ3v) is 2.12. The van der Waals surface area contributed by atoms with Gasteiger partial charge in [-0.05, 0) is 19.1 Å². The molecule has 1 heterocycles. The number of aliphatic hydroxyl groups excluding tert-OH is 1. The number of aliphatic hydroxyl groups is 2. The number of rotatable bonds is 5. The Morgan fingerprint density at radius 1 is 1.47 bits per heavy atom. The van der Waals surface area contributed by atoms with E-state index in [4.69, 9.17) is 5.11 Å². The zero-order chi connectivity index (χ0) is 12.9. The highest BCUT2D eigenvalue weighted by Gasteiger charge is 2.18. The number of nitrogens with one attached hydrogen (secondary N) is 2. The van der Waals surface area contributed by atoms with Gasteiger partial charge < -0.3 is 20.8 Å². The van der Waals surface area contributed by atoms with E-state index in [0.717, 1.165) is 0 Å². The van der Waals surface area contributed by atoms with Crippen LogP contribution in [0.5, 0.6) is 0 Å². The summed E-state index contributed by atoms with van der Waals surface area (Å²) in [6.07, 6.45) is 0. The van der Waals surface area contributed by atoms with E-state index in [2.05, 4.69) is 20.8 Å². The summed E-state index contributed by atoms with van der Waals surface area (Å²) in [5.41, 5.74) is -1.01. The zero-order valence-corrected chi connectivity index (χ0v) is 9.77. The van der Waals surface area contributed by atoms with Crippen molar-refractivity contribution in [2.75, 3.05) is 25.5 Å². The fraction of sp³-hybridized carbons (Fsp3) is 0.500. The molecule has 1 atom stereocenters. The predicted octanol–water partition coefficient (Wildman–Crippen LogP) is -1.01. The minimum Gasteiger partial charge on any atom is -0.393 e. The summed E-state index contributed by atoms with van der Waals surface area (Å²) in [4.78, 5) is 11.2. The number of hydrogen-bond donors (Lipinski definition) is 4. The Morgan fingerprint density at radius 3 is 2.65 bits per heavy atom. The van der Waals surface area contributed by atoms with E-state index in [-0.39, 0.29) is 24.8 Å². The molecule has 94 valence electrons. The molecule has 1 amide bonds. The van der Waals surface area contributed by atoms with Crippen molar-refractivity contribution in [3.8, 4) is 0 Å². The Morgan fingerprint density at radius 2 is 2.18 bits per heavy atom. The number of nitrogens with zero attached hydrogens (tertiary/aromatic N) is 2. The smallest absolute Gasteiger partial charge is 0.271 e. The lowest BCUT2D eigenvalue weighted by atomic mass is 10.1. The maximum atomic E-state index is 11.2. The van der Waals surface area contributed by atoms with Crippen LogP contribution >= 0.6 is 0 Å². The second kappa shape index (κ2) is 5.55. The molecule has 0 fully saturated rings. The molecule has 0 aliphatic carbocycles. The first-order valence-corrected chi connectivity index (χ1v) is 5.11. The van der Waals surface area contributed by atoms with Crippen LogP contribution in [0, 0.1) is 0 Å². The van der Waals surface area contributed by atoms with Crippen molar-refractivity contribution in [3.63, 3.8) is 0 Å². The van der Waals surface area contributed by atoms with Crippen LogP contribution in [0.1, 0.15) is 17.4 Å². The molecule has 0 aliphatic heterocycles. The van der Waals surface area contributed by atoms with Crippen molar-refractivity contribution >= 4 is 11.7 Å². The van der Waals surface area contributed by atoms with Gasteiger partial charge >= 0.3 is 0 Å². The number of carbonyl (C=O) groups is 1. The molecule has 0 aliphatic rings. The average molecular weight is 240 g/mol. The minimum absolute atomic E-state index is 0.136. The first kappa shape index (κ1) is 13.3. The molecule has 0 aromatic carbocycles. The fourth-order valence-corrected chi connectivity index (χ4v) is 1.01. The molecule has 1 aromatic heterocycles. The summed E-state index contributed by atoms with van der Waals surface area (Å²) in [6.45, 7) is 1.27. The molecule has 0 spiro atoms. The summed E-state index contributed by atoms with van der Waals surface area (Å²) >= 11 is 0. The molecule has 7 nitrogen and oxygen atoms in total. The van der Waals surface area contributed by atoms with Gasteiger partial charge in [-0.15, -0.1) is 10.2 Å². The normalized spacial score (nSPS) is 13.9. The van der Waals surface area contributed by atoms with Crippen molar-refractivity contribution in [1.29, 1.82) is 0 Å². The molecule has 7 heteroatoms. The first-order valence-electron chi connectivity index (χ1n) is 5.11. The van der Waals surface area contributed by atoms with Crippen molar-refractivity contribution in [1.82, 2.24) is 15.5 Å². The second-order valence-corrected chi connectivity index (χ2v) is 3.89. The van der Waals surface area contributed by atoms with E-state index in [1.54, 1.807) is 6.07 Å². The third kappa shape index (κ3) is 3.97. The van der Waals surface area contributed by atoms with E-state index in [1.807, 2.05) is 0 Å². The molecule has 1 aromatic rings. The summed E-state index contributed by atoms with van der Waals surface area (Å²) < 4.78 is 0. The van der Waals surface area contributed by atoms with Gasteiger partial charge in [-0.1, -0.05) is 0 Å². The van der Waals surface area contributed by atoms with Crippen molar-refractivity contribution in [2.24, 2.45) is 0 Å². The van der Waals surface area contributed by atoms with E-state index in [9.17, 15) is 9.90 Å². The van der Waals surface area contributed by atoms with E-state index in [0.29, 0.717) is 5.82 Å². The molecule has 4 N–H and O–H groups in total. The summed E-state index contributed by atoms with van der Waals surface area (Å²) in [5, 5.41) is 31.1. The molecular weight excluding hydrogens is 224 g/mol. The number of aromatic nitrogens is 2. The number of hydrogen-bond acceptors (Lipinski definition) is 6. The molecule has 0 saturated carbocycles. The number of carbonyl (C=O) groups excluding carboxylic acids is 1. The lowest BCUT2D eigenvalue weighted by Gasteiger charge is -2.20. The quantitative estimate of drug-likeness (QED) is 0.525. The Bertz CT molecular complexity index is 378. The standard InChI is InChI=1S/C10H16N4O3/c1-10(17,6-15)5-12-8-4-3-7(13-14-8)9(16)11-2/h3-4,15,17H,5-6H2,1-2H3,(H,11,16)(H,12,14). The zero-order valence-electron chi connectivity index (χ0n) is 9.77. The average Bonchev–Trinajstić information content (AvgIpc) is 2.36. The maximum Gasteiger partial charge on any atom is 0.271 e. The van der Waals surface area contributed by atoms with Gasteiger partial charge in [-0.25, -0.2) is 0 Å². The lowest BCUT2D eigenvalue weighted by molar-refractivity contribution is 0.0131. The Labute approximate surface area is 98.9 Å². The van der Waals surface area contributed by atoms with Crippen molar-refractivity contribution in [2.45, 2.75) is 12.5 Å². The molecule has 17 heavy (non-hydrogen) atoms. The molecule has 1 rings (SSSR count). The van der Waals surface area contributed by atoms with Gasteiger partial charge in [-0.3, -0.25) is 4.79 Å². The highest BCUT2D eigenvalue weighted by atomic mass is 16.3. The summed E-state index contributed by atoms with van der Waals surface area (Å²) in [6, 6.07) is 3.09. The molecule has 0 saturated heterocycles. The van der Waals surface area contributed by atoms with Crippen LogP contribution in [-0.4, -0.2) is 52.1 Å². The van der Waals surface area contributed by atoms with Crippen molar-refractivity contribution in [3.05, 3.63) is 17.8 Å². The van der Waals surface area contributed by atoms with Crippen molar-refractivity contribution < 1.29 is 15.0 Å². The largest absolute Gasteiger partial charge is 0.393 e. The van der Waals surface area contributed by atoms with Crippen LogP contribution in [0.25, 0.3) is 0 Å². The molecule has 0 radical (unpaired) electrons.